The molecule has 1 spiro atoms. The third-order valence-corrected chi connectivity index (χ3v) is 6.91. The number of anilines is 1. The number of amides is 1. The molecule has 4 aliphatic rings. The highest BCUT2D eigenvalue weighted by Gasteiger charge is 2.63. The lowest BCUT2D eigenvalue weighted by molar-refractivity contribution is -0.127. The summed E-state index contributed by atoms with van der Waals surface area (Å²) in [6.45, 7) is 2.45. The van der Waals surface area contributed by atoms with Crippen LogP contribution in [0.5, 0.6) is 5.88 Å². The van der Waals surface area contributed by atoms with Crippen molar-refractivity contribution >= 4 is 11.7 Å². The third kappa shape index (κ3) is 2.40. The van der Waals surface area contributed by atoms with Crippen molar-refractivity contribution in [1.82, 2.24) is 15.3 Å². The Balaban J connectivity index is 1.31. The van der Waals surface area contributed by atoms with Gasteiger partial charge in [0.2, 0.25) is 5.91 Å². The SMILES string of the molecule is COc1nccnc1N1C[C@@H]2[C@H](CNC(=O)C3CCC3)[C@H]3CC[C@]2(C1)O3. The molecule has 7 heteroatoms. The van der Waals surface area contributed by atoms with Crippen molar-refractivity contribution in [3.05, 3.63) is 12.4 Å². The van der Waals surface area contributed by atoms with Crippen LogP contribution in [0.4, 0.5) is 5.82 Å². The van der Waals surface area contributed by atoms with E-state index in [1.54, 1.807) is 19.5 Å². The lowest BCUT2D eigenvalue weighted by Crippen LogP contribution is -2.44. The van der Waals surface area contributed by atoms with Crippen molar-refractivity contribution in [2.45, 2.75) is 43.8 Å². The first kappa shape index (κ1) is 16.3. The van der Waals surface area contributed by atoms with Gasteiger partial charge in [0.25, 0.3) is 5.88 Å². The number of aromatic nitrogens is 2. The summed E-state index contributed by atoms with van der Waals surface area (Å²) in [6.07, 6.45) is 9.10. The minimum atomic E-state index is -0.0982. The molecular weight excluding hydrogens is 332 g/mol. The molecule has 0 aromatic carbocycles. The van der Waals surface area contributed by atoms with Crippen molar-refractivity contribution in [2.24, 2.45) is 17.8 Å². The van der Waals surface area contributed by atoms with Gasteiger partial charge in [0.05, 0.1) is 18.8 Å². The summed E-state index contributed by atoms with van der Waals surface area (Å²) in [5.41, 5.74) is -0.0982. The Morgan fingerprint density at radius 3 is 3.00 bits per heavy atom. The molecular formula is C19H26N4O3. The van der Waals surface area contributed by atoms with Gasteiger partial charge in [0.15, 0.2) is 5.82 Å². The van der Waals surface area contributed by atoms with Gasteiger partial charge < -0.3 is 19.7 Å². The van der Waals surface area contributed by atoms with E-state index < -0.39 is 0 Å². The number of hydrogen-bond acceptors (Lipinski definition) is 6. The van der Waals surface area contributed by atoms with Crippen molar-refractivity contribution in [2.75, 3.05) is 31.6 Å². The summed E-state index contributed by atoms with van der Waals surface area (Å²) >= 11 is 0. The molecule has 1 N–H and O–H groups in total. The van der Waals surface area contributed by atoms with Gasteiger partial charge in [-0.1, -0.05) is 6.42 Å². The first-order chi connectivity index (χ1) is 12.7. The van der Waals surface area contributed by atoms with Gasteiger partial charge in [-0.3, -0.25) is 4.79 Å². The number of methoxy groups -OCH3 is 1. The average Bonchev–Trinajstić information content (AvgIpc) is 3.26. The summed E-state index contributed by atoms with van der Waals surface area (Å²) < 4.78 is 11.9. The lowest BCUT2D eigenvalue weighted by Gasteiger charge is -2.30. The highest BCUT2D eigenvalue weighted by molar-refractivity contribution is 5.79. The van der Waals surface area contributed by atoms with Crippen LogP contribution >= 0.6 is 0 Å². The monoisotopic (exact) mass is 358 g/mol. The van der Waals surface area contributed by atoms with Crippen molar-refractivity contribution < 1.29 is 14.3 Å². The van der Waals surface area contributed by atoms with Gasteiger partial charge in [-0.2, -0.15) is 0 Å². The Morgan fingerprint density at radius 2 is 2.23 bits per heavy atom. The maximum atomic E-state index is 12.3. The Morgan fingerprint density at radius 1 is 1.38 bits per heavy atom. The fourth-order valence-corrected chi connectivity index (χ4v) is 5.34. The zero-order valence-electron chi connectivity index (χ0n) is 15.2. The molecule has 7 nitrogen and oxygen atoms in total. The van der Waals surface area contributed by atoms with Crippen molar-refractivity contribution in [1.29, 1.82) is 0 Å². The highest BCUT2D eigenvalue weighted by atomic mass is 16.5. The maximum Gasteiger partial charge on any atom is 0.257 e. The van der Waals surface area contributed by atoms with Gasteiger partial charge in [0.1, 0.15) is 0 Å². The molecule has 0 unspecified atom stereocenters. The average molecular weight is 358 g/mol. The van der Waals surface area contributed by atoms with Crippen molar-refractivity contribution in [3.63, 3.8) is 0 Å². The van der Waals surface area contributed by atoms with Gasteiger partial charge in [-0.15, -0.1) is 0 Å². The summed E-state index contributed by atoms with van der Waals surface area (Å²) in [5.74, 6) is 2.65. The van der Waals surface area contributed by atoms with Gasteiger partial charge in [-0.05, 0) is 25.7 Å². The number of carbonyl (C=O) groups is 1. The zero-order valence-corrected chi connectivity index (χ0v) is 15.2. The Bertz CT molecular complexity index is 710. The number of carbonyl (C=O) groups excluding carboxylic acids is 1. The minimum Gasteiger partial charge on any atom is -0.478 e. The van der Waals surface area contributed by atoms with E-state index in [-0.39, 0.29) is 23.5 Å². The van der Waals surface area contributed by atoms with E-state index in [0.29, 0.717) is 17.7 Å². The molecule has 1 amide bonds. The van der Waals surface area contributed by atoms with Gasteiger partial charge >= 0.3 is 0 Å². The summed E-state index contributed by atoms with van der Waals surface area (Å²) in [6, 6.07) is 0. The number of nitrogens with zero attached hydrogens (tertiary/aromatic N) is 3. The molecule has 3 aliphatic heterocycles. The molecule has 1 aromatic heterocycles. The van der Waals surface area contributed by atoms with Crippen molar-refractivity contribution in [3.8, 4) is 5.88 Å². The van der Waals surface area contributed by atoms with Crippen LogP contribution < -0.4 is 15.0 Å². The molecule has 5 rings (SSSR count). The second kappa shape index (κ2) is 6.08. The minimum absolute atomic E-state index is 0.0982. The summed E-state index contributed by atoms with van der Waals surface area (Å²) in [5, 5.41) is 3.21. The molecule has 26 heavy (non-hydrogen) atoms. The Hall–Kier alpha value is -1.89. The highest BCUT2D eigenvalue weighted by Crippen LogP contribution is 2.55. The first-order valence-electron chi connectivity index (χ1n) is 9.76. The van der Waals surface area contributed by atoms with Crippen LogP contribution in [0.3, 0.4) is 0 Å². The number of hydrogen-bond donors (Lipinski definition) is 1. The molecule has 3 saturated heterocycles. The van der Waals surface area contributed by atoms with Crippen LogP contribution in [0.15, 0.2) is 12.4 Å². The summed E-state index contributed by atoms with van der Waals surface area (Å²) in [7, 11) is 1.63. The quantitative estimate of drug-likeness (QED) is 0.857. The standard InChI is InChI=1S/C19H26N4O3/c1-25-18-16(20-7-8-21-18)23-10-14-13(9-22-17(24)12-3-2-4-12)15-5-6-19(14,11-23)26-15/h7-8,12-15H,2-6,9-11H2,1H3,(H,22,24)/t13-,14+,15+,19+/m0/s1. The van der Waals surface area contributed by atoms with Crippen LogP contribution in [0, 0.1) is 17.8 Å². The molecule has 4 fully saturated rings. The fourth-order valence-electron chi connectivity index (χ4n) is 5.34. The number of nitrogens with one attached hydrogen (secondary N) is 1. The van der Waals surface area contributed by atoms with Gasteiger partial charge in [-0.25, -0.2) is 9.97 Å². The van der Waals surface area contributed by atoms with Crippen LogP contribution in [-0.2, 0) is 9.53 Å². The van der Waals surface area contributed by atoms with E-state index in [1.807, 2.05) is 0 Å². The molecule has 4 heterocycles. The summed E-state index contributed by atoms with van der Waals surface area (Å²) in [4.78, 5) is 23.3. The maximum absolute atomic E-state index is 12.3. The van der Waals surface area contributed by atoms with E-state index in [0.717, 1.165) is 51.1 Å². The number of ether oxygens (including phenoxy) is 2. The second-order valence-electron chi connectivity index (χ2n) is 8.17. The van der Waals surface area contributed by atoms with E-state index in [9.17, 15) is 4.79 Å². The smallest absolute Gasteiger partial charge is 0.257 e. The Kier molecular flexibility index (Phi) is 3.81. The van der Waals surface area contributed by atoms with E-state index >= 15 is 0 Å². The van der Waals surface area contributed by atoms with Crippen LogP contribution in [0.25, 0.3) is 0 Å². The van der Waals surface area contributed by atoms with E-state index in [4.69, 9.17) is 9.47 Å². The predicted molar refractivity (Wildman–Crippen MR) is 95.0 cm³/mol. The molecule has 1 aliphatic carbocycles. The largest absolute Gasteiger partial charge is 0.478 e. The van der Waals surface area contributed by atoms with Crippen LogP contribution in [0.1, 0.15) is 32.1 Å². The zero-order chi connectivity index (χ0) is 17.7. The van der Waals surface area contributed by atoms with Gasteiger partial charge in [0, 0.05) is 49.8 Å². The van der Waals surface area contributed by atoms with Crippen LogP contribution in [-0.4, -0.2) is 54.3 Å². The third-order valence-electron chi connectivity index (χ3n) is 6.91. The molecule has 1 saturated carbocycles. The number of fused-ring (bicyclic) bond motifs is 1. The Labute approximate surface area is 153 Å². The normalized spacial score (nSPS) is 35.3. The molecule has 4 atom stereocenters. The molecule has 2 bridgehead atoms. The predicted octanol–water partition coefficient (Wildman–Crippen LogP) is 1.39. The number of rotatable bonds is 5. The molecule has 1 aromatic rings. The van der Waals surface area contributed by atoms with Crippen LogP contribution in [0.2, 0.25) is 0 Å². The molecule has 0 radical (unpaired) electrons. The topological polar surface area (TPSA) is 76.6 Å². The van der Waals surface area contributed by atoms with E-state index in [2.05, 4.69) is 20.2 Å². The first-order valence-corrected chi connectivity index (χ1v) is 9.76. The fraction of sp³-hybridized carbons (Fsp3) is 0.737. The second-order valence-corrected chi connectivity index (χ2v) is 8.17. The molecule has 140 valence electrons. The van der Waals surface area contributed by atoms with E-state index in [1.165, 1.54) is 6.42 Å². The lowest BCUT2D eigenvalue weighted by atomic mass is 9.73.